The van der Waals surface area contributed by atoms with Crippen LogP contribution in [0.15, 0.2) is 61.1 Å². The number of nitrogens with zero attached hydrogens (tertiary/aromatic N) is 3. The summed E-state index contributed by atoms with van der Waals surface area (Å²) < 4.78 is 7.14. The van der Waals surface area contributed by atoms with E-state index in [0.29, 0.717) is 5.75 Å². The first kappa shape index (κ1) is 16.7. The second-order valence-electron chi connectivity index (χ2n) is 5.70. The highest BCUT2D eigenvalue weighted by atomic mass is 16.5. The van der Waals surface area contributed by atoms with Crippen molar-refractivity contribution in [3.8, 4) is 5.75 Å². The van der Waals surface area contributed by atoms with Gasteiger partial charge in [-0.2, -0.15) is 5.10 Å². The SMILES string of the molecule is COc1ccccc1C(NC(=O)Cc1cnn(C)c1)c1ccccn1. The average molecular weight is 336 g/mol. The van der Waals surface area contributed by atoms with Crippen molar-refractivity contribution in [3.63, 3.8) is 0 Å². The Morgan fingerprint density at radius 3 is 2.72 bits per heavy atom. The molecule has 1 unspecified atom stereocenters. The molecule has 0 saturated carbocycles. The van der Waals surface area contributed by atoms with Crippen LogP contribution < -0.4 is 10.1 Å². The van der Waals surface area contributed by atoms with Gasteiger partial charge < -0.3 is 10.1 Å². The number of carbonyl (C=O) groups excluding carboxylic acids is 1. The Hall–Kier alpha value is -3.15. The number of aromatic nitrogens is 3. The van der Waals surface area contributed by atoms with E-state index in [0.717, 1.165) is 16.8 Å². The molecule has 0 aliphatic rings. The molecule has 1 atom stereocenters. The maximum absolute atomic E-state index is 12.6. The topological polar surface area (TPSA) is 69.0 Å². The molecule has 1 aromatic carbocycles. The standard InChI is InChI=1S/C19H20N4O2/c1-23-13-14(12-21-23)11-18(24)22-19(16-8-5-6-10-20-16)15-7-3-4-9-17(15)25-2/h3-10,12-13,19H,11H2,1-2H3,(H,22,24). The lowest BCUT2D eigenvalue weighted by atomic mass is 10.0. The van der Waals surface area contributed by atoms with Gasteiger partial charge in [0, 0.05) is 25.0 Å². The van der Waals surface area contributed by atoms with E-state index in [-0.39, 0.29) is 18.4 Å². The zero-order valence-electron chi connectivity index (χ0n) is 14.2. The number of amides is 1. The summed E-state index contributed by atoms with van der Waals surface area (Å²) in [7, 11) is 3.44. The zero-order valence-corrected chi connectivity index (χ0v) is 14.2. The van der Waals surface area contributed by atoms with Crippen LogP contribution in [0.3, 0.4) is 0 Å². The summed E-state index contributed by atoms with van der Waals surface area (Å²) in [5.41, 5.74) is 2.48. The van der Waals surface area contributed by atoms with Gasteiger partial charge in [-0.3, -0.25) is 14.5 Å². The molecule has 1 N–H and O–H groups in total. The molecule has 0 bridgehead atoms. The van der Waals surface area contributed by atoms with Crippen LogP contribution in [0.1, 0.15) is 22.9 Å². The summed E-state index contributed by atoms with van der Waals surface area (Å²) in [6.45, 7) is 0. The predicted octanol–water partition coefficient (Wildman–Crippen LogP) is 2.27. The first-order valence-corrected chi connectivity index (χ1v) is 7.98. The first-order valence-electron chi connectivity index (χ1n) is 7.98. The van der Waals surface area contributed by atoms with E-state index in [4.69, 9.17) is 4.74 Å². The smallest absolute Gasteiger partial charge is 0.225 e. The monoisotopic (exact) mass is 336 g/mol. The number of ether oxygens (including phenoxy) is 1. The average Bonchev–Trinajstić information content (AvgIpc) is 3.05. The van der Waals surface area contributed by atoms with Crippen molar-refractivity contribution in [1.82, 2.24) is 20.1 Å². The van der Waals surface area contributed by atoms with Gasteiger partial charge in [0.05, 0.1) is 31.5 Å². The Kier molecular flexibility index (Phi) is 5.09. The molecule has 25 heavy (non-hydrogen) atoms. The molecule has 3 aromatic rings. The number of rotatable bonds is 6. The molecule has 3 rings (SSSR count). The molecular weight excluding hydrogens is 316 g/mol. The number of para-hydroxylation sites is 1. The number of hydrogen-bond donors (Lipinski definition) is 1. The fourth-order valence-corrected chi connectivity index (χ4v) is 2.72. The van der Waals surface area contributed by atoms with E-state index in [9.17, 15) is 4.79 Å². The van der Waals surface area contributed by atoms with Crippen LogP contribution in [-0.2, 0) is 18.3 Å². The number of nitrogens with one attached hydrogen (secondary N) is 1. The number of carbonyl (C=O) groups is 1. The van der Waals surface area contributed by atoms with Crippen molar-refractivity contribution in [2.45, 2.75) is 12.5 Å². The summed E-state index contributed by atoms with van der Waals surface area (Å²) in [5.74, 6) is 0.606. The van der Waals surface area contributed by atoms with Crippen LogP contribution >= 0.6 is 0 Å². The van der Waals surface area contributed by atoms with Gasteiger partial charge in [-0.05, 0) is 23.8 Å². The Labute approximate surface area is 146 Å². The molecule has 0 spiro atoms. The fourth-order valence-electron chi connectivity index (χ4n) is 2.72. The van der Waals surface area contributed by atoms with Crippen LogP contribution in [0.5, 0.6) is 5.75 Å². The highest BCUT2D eigenvalue weighted by Crippen LogP contribution is 2.28. The van der Waals surface area contributed by atoms with Crippen LogP contribution in [0.2, 0.25) is 0 Å². The third-order valence-corrected chi connectivity index (χ3v) is 3.86. The zero-order chi connectivity index (χ0) is 17.6. The van der Waals surface area contributed by atoms with Crippen molar-refractivity contribution in [1.29, 1.82) is 0 Å². The molecule has 128 valence electrons. The van der Waals surface area contributed by atoms with Crippen molar-refractivity contribution in [2.75, 3.05) is 7.11 Å². The van der Waals surface area contributed by atoms with Gasteiger partial charge in [0.1, 0.15) is 5.75 Å². The minimum atomic E-state index is -0.387. The molecule has 0 aliphatic carbocycles. The highest BCUT2D eigenvalue weighted by molar-refractivity contribution is 5.79. The maximum Gasteiger partial charge on any atom is 0.225 e. The Morgan fingerprint density at radius 1 is 1.24 bits per heavy atom. The second-order valence-corrected chi connectivity index (χ2v) is 5.70. The van der Waals surface area contributed by atoms with Crippen molar-refractivity contribution in [3.05, 3.63) is 77.9 Å². The Balaban J connectivity index is 1.88. The van der Waals surface area contributed by atoms with E-state index >= 15 is 0 Å². The van der Waals surface area contributed by atoms with E-state index < -0.39 is 0 Å². The van der Waals surface area contributed by atoms with Crippen molar-refractivity contribution < 1.29 is 9.53 Å². The third-order valence-electron chi connectivity index (χ3n) is 3.86. The molecule has 2 heterocycles. The molecule has 0 fully saturated rings. The molecule has 1 amide bonds. The molecule has 0 saturated heterocycles. The van der Waals surface area contributed by atoms with Gasteiger partial charge in [-0.25, -0.2) is 0 Å². The minimum absolute atomic E-state index is 0.102. The number of aryl methyl sites for hydroxylation is 1. The predicted molar refractivity (Wildman–Crippen MR) is 94.1 cm³/mol. The van der Waals surface area contributed by atoms with Gasteiger partial charge in [0.2, 0.25) is 5.91 Å². The maximum atomic E-state index is 12.6. The highest BCUT2D eigenvalue weighted by Gasteiger charge is 2.21. The van der Waals surface area contributed by atoms with Gasteiger partial charge in [-0.1, -0.05) is 24.3 Å². The summed E-state index contributed by atoms with van der Waals surface area (Å²) in [5, 5.41) is 7.16. The Bertz CT molecular complexity index is 845. The second kappa shape index (κ2) is 7.61. The summed E-state index contributed by atoms with van der Waals surface area (Å²) >= 11 is 0. The molecular formula is C19H20N4O2. The van der Waals surface area contributed by atoms with Gasteiger partial charge in [0.15, 0.2) is 0 Å². The molecule has 6 heteroatoms. The summed E-state index contributed by atoms with van der Waals surface area (Å²) in [4.78, 5) is 17.0. The van der Waals surface area contributed by atoms with Crippen LogP contribution in [0, 0.1) is 0 Å². The first-order chi connectivity index (χ1) is 12.2. The molecule has 0 radical (unpaired) electrons. The minimum Gasteiger partial charge on any atom is -0.496 e. The van der Waals surface area contributed by atoms with Crippen molar-refractivity contribution in [2.24, 2.45) is 7.05 Å². The molecule has 6 nitrogen and oxygen atoms in total. The number of pyridine rings is 1. The van der Waals surface area contributed by atoms with E-state index in [1.807, 2.05) is 55.7 Å². The van der Waals surface area contributed by atoms with Crippen molar-refractivity contribution >= 4 is 5.91 Å². The number of benzene rings is 1. The largest absolute Gasteiger partial charge is 0.496 e. The van der Waals surface area contributed by atoms with Crippen LogP contribution in [-0.4, -0.2) is 27.8 Å². The van der Waals surface area contributed by atoms with Crippen LogP contribution in [0.25, 0.3) is 0 Å². The number of hydrogen-bond acceptors (Lipinski definition) is 4. The fraction of sp³-hybridized carbons (Fsp3) is 0.211. The normalized spacial score (nSPS) is 11.8. The van der Waals surface area contributed by atoms with Crippen LogP contribution in [0.4, 0.5) is 0 Å². The quantitative estimate of drug-likeness (QED) is 0.750. The van der Waals surface area contributed by atoms with E-state index in [1.54, 1.807) is 24.2 Å². The van der Waals surface area contributed by atoms with E-state index in [2.05, 4.69) is 15.4 Å². The lowest BCUT2D eigenvalue weighted by molar-refractivity contribution is -0.121. The van der Waals surface area contributed by atoms with E-state index in [1.165, 1.54) is 0 Å². The molecule has 2 aromatic heterocycles. The lowest BCUT2D eigenvalue weighted by Crippen LogP contribution is -2.31. The number of methoxy groups -OCH3 is 1. The summed E-state index contributed by atoms with van der Waals surface area (Å²) in [6.07, 6.45) is 5.49. The lowest BCUT2D eigenvalue weighted by Gasteiger charge is -2.21. The van der Waals surface area contributed by atoms with Gasteiger partial charge in [0.25, 0.3) is 0 Å². The Morgan fingerprint density at radius 2 is 2.04 bits per heavy atom. The third kappa shape index (κ3) is 4.03. The van der Waals surface area contributed by atoms with Gasteiger partial charge >= 0.3 is 0 Å². The summed E-state index contributed by atoms with van der Waals surface area (Å²) in [6, 6.07) is 12.9. The molecule has 0 aliphatic heterocycles. The van der Waals surface area contributed by atoms with Gasteiger partial charge in [-0.15, -0.1) is 0 Å².